The first-order valence-corrected chi connectivity index (χ1v) is 6.31. The van der Waals surface area contributed by atoms with Crippen molar-refractivity contribution in [3.8, 4) is 6.07 Å². The second-order valence-electron chi connectivity index (χ2n) is 6.02. The van der Waals surface area contributed by atoms with Crippen molar-refractivity contribution in [3.63, 3.8) is 0 Å². The molecule has 0 N–H and O–H groups in total. The Kier molecular flexibility index (Phi) is 3.03. The van der Waals surface area contributed by atoms with Gasteiger partial charge < -0.3 is 9.64 Å². The Morgan fingerprint density at radius 3 is 2.41 bits per heavy atom. The van der Waals surface area contributed by atoms with Crippen molar-refractivity contribution in [2.75, 3.05) is 6.54 Å². The molecule has 0 spiro atoms. The average molecular weight is 236 g/mol. The van der Waals surface area contributed by atoms with Crippen LogP contribution in [0.3, 0.4) is 0 Å². The fourth-order valence-electron chi connectivity index (χ4n) is 2.29. The van der Waals surface area contributed by atoms with E-state index in [0.29, 0.717) is 5.92 Å². The molecule has 4 heteroatoms. The van der Waals surface area contributed by atoms with Crippen LogP contribution in [0.15, 0.2) is 0 Å². The summed E-state index contributed by atoms with van der Waals surface area (Å²) in [5.74, 6) is 0.520. The highest BCUT2D eigenvalue weighted by Crippen LogP contribution is 2.42. The minimum absolute atomic E-state index is 0.0104. The number of hydrogen-bond donors (Lipinski definition) is 0. The summed E-state index contributed by atoms with van der Waals surface area (Å²) in [5.41, 5.74) is -0.459. The molecule has 1 amide bonds. The average Bonchev–Trinajstić information content (AvgIpc) is 2.91. The molecule has 1 aliphatic carbocycles. The zero-order valence-corrected chi connectivity index (χ0v) is 10.8. The van der Waals surface area contributed by atoms with Gasteiger partial charge in [-0.05, 0) is 46.0 Å². The number of ether oxygens (including phenoxy) is 1. The minimum atomic E-state index is -0.459. The van der Waals surface area contributed by atoms with E-state index in [1.807, 2.05) is 20.8 Å². The van der Waals surface area contributed by atoms with Gasteiger partial charge >= 0.3 is 6.09 Å². The lowest BCUT2D eigenvalue weighted by Crippen LogP contribution is -2.56. The summed E-state index contributed by atoms with van der Waals surface area (Å²) >= 11 is 0. The molecule has 2 aliphatic rings. The van der Waals surface area contributed by atoms with Crippen LogP contribution in [-0.4, -0.2) is 29.2 Å². The second kappa shape index (κ2) is 4.21. The van der Waals surface area contributed by atoms with Crippen LogP contribution in [0.2, 0.25) is 0 Å². The molecular weight excluding hydrogens is 216 g/mol. The molecule has 1 saturated carbocycles. The molecule has 0 radical (unpaired) electrons. The summed E-state index contributed by atoms with van der Waals surface area (Å²) in [6.45, 7) is 6.32. The lowest BCUT2D eigenvalue weighted by Gasteiger charge is -2.43. The summed E-state index contributed by atoms with van der Waals surface area (Å²) in [4.78, 5) is 13.6. The van der Waals surface area contributed by atoms with Crippen molar-refractivity contribution >= 4 is 6.09 Å². The van der Waals surface area contributed by atoms with Gasteiger partial charge in [0.1, 0.15) is 5.60 Å². The monoisotopic (exact) mass is 236 g/mol. The number of likely N-dealkylation sites (tertiary alicyclic amines) is 1. The molecule has 0 aromatic rings. The van der Waals surface area contributed by atoms with E-state index < -0.39 is 5.60 Å². The van der Waals surface area contributed by atoms with Crippen molar-refractivity contribution in [2.24, 2.45) is 11.8 Å². The van der Waals surface area contributed by atoms with E-state index in [1.165, 1.54) is 0 Å². The third-order valence-corrected chi connectivity index (χ3v) is 3.39. The first kappa shape index (κ1) is 12.2. The topological polar surface area (TPSA) is 53.3 Å². The number of amides is 1. The van der Waals surface area contributed by atoms with Gasteiger partial charge in [0.25, 0.3) is 0 Å². The maximum Gasteiger partial charge on any atom is 0.410 e. The SMILES string of the molecule is CC(C)(C)OC(=O)N1CCC1C(C#N)C1CC1. The zero-order valence-electron chi connectivity index (χ0n) is 10.8. The molecule has 0 bridgehead atoms. The summed E-state index contributed by atoms with van der Waals surface area (Å²) in [7, 11) is 0. The Morgan fingerprint density at radius 1 is 1.41 bits per heavy atom. The van der Waals surface area contributed by atoms with E-state index in [1.54, 1.807) is 4.90 Å². The van der Waals surface area contributed by atoms with Crippen molar-refractivity contribution in [3.05, 3.63) is 0 Å². The number of nitrogens with zero attached hydrogens (tertiary/aromatic N) is 2. The molecule has 2 unspecified atom stereocenters. The predicted octanol–water partition coefficient (Wildman–Crippen LogP) is 2.55. The summed E-state index contributed by atoms with van der Waals surface area (Å²) in [5, 5.41) is 9.18. The lowest BCUT2D eigenvalue weighted by molar-refractivity contribution is -0.0144. The van der Waals surface area contributed by atoms with Gasteiger partial charge in [-0.25, -0.2) is 4.79 Å². The van der Waals surface area contributed by atoms with Gasteiger partial charge in [0.2, 0.25) is 0 Å². The Hall–Kier alpha value is -1.24. The molecule has 1 aliphatic heterocycles. The molecule has 4 nitrogen and oxygen atoms in total. The van der Waals surface area contributed by atoms with Crippen LogP contribution in [0.5, 0.6) is 0 Å². The van der Waals surface area contributed by atoms with E-state index >= 15 is 0 Å². The molecule has 0 aromatic carbocycles. The molecule has 94 valence electrons. The Bertz CT molecular complexity index is 349. The standard InChI is InChI=1S/C13H20N2O2/c1-13(2,3)17-12(16)15-7-6-11(15)10(8-14)9-4-5-9/h9-11H,4-7H2,1-3H3. The lowest BCUT2D eigenvalue weighted by atomic mass is 9.87. The third-order valence-electron chi connectivity index (χ3n) is 3.39. The second-order valence-corrected chi connectivity index (χ2v) is 6.02. The van der Waals surface area contributed by atoms with Crippen LogP contribution in [0.4, 0.5) is 4.79 Å². The highest BCUT2D eigenvalue weighted by atomic mass is 16.6. The molecular formula is C13H20N2O2. The van der Waals surface area contributed by atoms with Gasteiger partial charge in [-0.2, -0.15) is 5.26 Å². The van der Waals surface area contributed by atoms with Gasteiger partial charge in [-0.3, -0.25) is 0 Å². The maximum atomic E-state index is 11.9. The number of carbonyl (C=O) groups excluding carboxylic acids is 1. The first-order chi connectivity index (χ1) is 7.92. The van der Waals surface area contributed by atoms with Crippen LogP contribution in [0.1, 0.15) is 40.0 Å². The smallest absolute Gasteiger partial charge is 0.410 e. The molecule has 17 heavy (non-hydrogen) atoms. The quantitative estimate of drug-likeness (QED) is 0.740. The number of hydrogen-bond acceptors (Lipinski definition) is 3. The van der Waals surface area contributed by atoms with Gasteiger partial charge in [-0.1, -0.05) is 0 Å². The molecule has 1 saturated heterocycles. The van der Waals surface area contributed by atoms with E-state index in [9.17, 15) is 10.1 Å². The van der Waals surface area contributed by atoms with E-state index in [2.05, 4.69) is 6.07 Å². The molecule has 2 atom stereocenters. The summed E-state index contributed by atoms with van der Waals surface area (Å²) < 4.78 is 5.34. The van der Waals surface area contributed by atoms with Crippen LogP contribution < -0.4 is 0 Å². The molecule has 0 aromatic heterocycles. The number of rotatable bonds is 2. The van der Waals surface area contributed by atoms with Gasteiger partial charge in [0.15, 0.2) is 0 Å². The maximum absolute atomic E-state index is 11.9. The van der Waals surface area contributed by atoms with Crippen LogP contribution in [-0.2, 0) is 4.74 Å². The van der Waals surface area contributed by atoms with E-state index in [0.717, 1.165) is 25.8 Å². The van der Waals surface area contributed by atoms with Gasteiger partial charge in [0, 0.05) is 6.54 Å². The van der Waals surface area contributed by atoms with Crippen LogP contribution in [0, 0.1) is 23.2 Å². The Balaban J connectivity index is 1.94. The number of carbonyl (C=O) groups is 1. The van der Waals surface area contributed by atoms with Gasteiger partial charge in [0.05, 0.1) is 18.0 Å². The fourth-order valence-corrected chi connectivity index (χ4v) is 2.29. The van der Waals surface area contributed by atoms with E-state index in [-0.39, 0.29) is 18.1 Å². The van der Waals surface area contributed by atoms with Crippen molar-refractivity contribution in [1.82, 2.24) is 4.90 Å². The minimum Gasteiger partial charge on any atom is -0.444 e. The molecule has 2 rings (SSSR count). The largest absolute Gasteiger partial charge is 0.444 e. The summed E-state index contributed by atoms with van der Waals surface area (Å²) in [6.07, 6.45) is 2.94. The third kappa shape index (κ3) is 2.71. The van der Waals surface area contributed by atoms with Crippen LogP contribution in [0.25, 0.3) is 0 Å². The first-order valence-electron chi connectivity index (χ1n) is 6.31. The highest BCUT2D eigenvalue weighted by Gasteiger charge is 2.46. The number of nitriles is 1. The fraction of sp³-hybridized carbons (Fsp3) is 0.846. The predicted molar refractivity (Wildman–Crippen MR) is 63.2 cm³/mol. The Morgan fingerprint density at radius 2 is 2.06 bits per heavy atom. The highest BCUT2D eigenvalue weighted by molar-refractivity contribution is 5.69. The van der Waals surface area contributed by atoms with Gasteiger partial charge in [-0.15, -0.1) is 0 Å². The molecule has 2 fully saturated rings. The van der Waals surface area contributed by atoms with Crippen LogP contribution >= 0.6 is 0 Å². The van der Waals surface area contributed by atoms with E-state index in [4.69, 9.17) is 4.74 Å². The van der Waals surface area contributed by atoms with Crippen molar-refractivity contribution < 1.29 is 9.53 Å². The summed E-state index contributed by atoms with van der Waals surface area (Å²) in [6, 6.07) is 2.45. The van der Waals surface area contributed by atoms with Crippen molar-refractivity contribution in [1.29, 1.82) is 5.26 Å². The van der Waals surface area contributed by atoms with Crippen molar-refractivity contribution in [2.45, 2.75) is 51.7 Å². The Labute approximate surface area is 103 Å². The molecule has 1 heterocycles. The normalized spacial score (nSPS) is 25.8. The zero-order chi connectivity index (χ0) is 12.6.